The number of hydrogen-bond acceptors (Lipinski definition) is 4. The van der Waals surface area contributed by atoms with Crippen LogP contribution < -0.4 is 0 Å². The van der Waals surface area contributed by atoms with Gasteiger partial charge in [-0.25, -0.2) is 0 Å². The fourth-order valence-corrected chi connectivity index (χ4v) is 2.43. The molecule has 0 spiro atoms. The molecular weight excluding hydrogens is 304 g/mol. The average Bonchev–Trinajstić information content (AvgIpc) is 3.16. The fourth-order valence-electron chi connectivity index (χ4n) is 2.26. The summed E-state index contributed by atoms with van der Waals surface area (Å²) in [6, 6.07) is 9.70. The van der Waals surface area contributed by atoms with Crippen molar-refractivity contribution in [1.82, 2.24) is 4.98 Å². The predicted octanol–water partition coefficient (Wildman–Crippen LogP) is 3.62. The van der Waals surface area contributed by atoms with Crippen molar-refractivity contribution in [2.24, 2.45) is 5.92 Å². The number of rotatable bonds is 4. The zero-order valence-corrected chi connectivity index (χ0v) is 11.9. The zero-order valence-electron chi connectivity index (χ0n) is 11.2. The Bertz CT molecular complexity index is 903. The SMILES string of the molecule is N#C[C@@H](C(=O)c1ccco1)C(=O)c1c[nH]c2cc(Cl)ccc12. The zero-order chi connectivity index (χ0) is 15.7. The number of nitriles is 1. The molecule has 0 bridgehead atoms. The van der Waals surface area contributed by atoms with Gasteiger partial charge in [0.15, 0.2) is 17.5 Å². The molecule has 3 rings (SSSR count). The van der Waals surface area contributed by atoms with Gasteiger partial charge in [-0.1, -0.05) is 17.7 Å². The van der Waals surface area contributed by atoms with E-state index in [0.29, 0.717) is 15.9 Å². The molecule has 3 aromatic rings. The van der Waals surface area contributed by atoms with E-state index in [1.165, 1.54) is 24.6 Å². The minimum Gasteiger partial charge on any atom is -0.461 e. The van der Waals surface area contributed by atoms with E-state index in [4.69, 9.17) is 16.0 Å². The van der Waals surface area contributed by atoms with Gasteiger partial charge in [-0.2, -0.15) is 5.26 Å². The van der Waals surface area contributed by atoms with Crippen LogP contribution in [0.5, 0.6) is 0 Å². The van der Waals surface area contributed by atoms with Gasteiger partial charge in [-0.05, 0) is 24.3 Å². The normalized spacial score (nSPS) is 12.0. The molecule has 1 aromatic carbocycles. The maximum Gasteiger partial charge on any atom is 0.222 e. The maximum atomic E-state index is 12.5. The first kappa shape index (κ1) is 14.1. The van der Waals surface area contributed by atoms with Crippen LogP contribution in [-0.2, 0) is 0 Å². The second-order valence-corrected chi connectivity index (χ2v) is 5.10. The first-order chi connectivity index (χ1) is 10.6. The number of H-pyrrole nitrogens is 1. The van der Waals surface area contributed by atoms with Crippen molar-refractivity contribution in [3.63, 3.8) is 0 Å². The summed E-state index contributed by atoms with van der Waals surface area (Å²) in [4.78, 5) is 27.6. The van der Waals surface area contributed by atoms with Gasteiger partial charge in [0.05, 0.1) is 12.3 Å². The Kier molecular flexibility index (Phi) is 3.53. The third-order valence-corrected chi connectivity index (χ3v) is 3.56. The monoisotopic (exact) mass is 312 g/mol. The number of benzene rings is 1. The van der Waals surface area contributed by atoms with E-state index in [1.54, 1.807) is 24.3 Å². The summed E-state index contributed by atoms with van der Waals surface area (Å²) < 4.78 is 4.97. The number of aromatic amines is 1. The molecule has 1 atom stereocenters. The number of Topliss-reactive ketones (excluding diaryl/α,β-unsaturated/α-hetero) is 2. The summed E-state index contributed by atoms with van der Waals surface area (Å²) >= 11 is 5.89. The number of carbonyl (C=O) groups excluding carboxylic acids is 2. The molecule has 6 heteroatoms. The van der Waals surface area contributed by atoms with Crippen LogP contribution in [0.2, 0.25) is 5.02 Å². The molecule has 22 heavy (non-hydrogen) atoms. The van der Waals surface area contributed by atoms with Gasteiger partial charge in [0.2, 0.25) is 5.78 Å². The Hall–Kier alpha value is -2.84. The van der Waals surface area contributed by atoms with Crippen molar-refractivity contribution in [3.05, 3.63) is 59.1 Å². The maximum absolute atomic E-state index is 12.5. The quantitative estimate of drug-likeness (QED) is 0.588. The topological polar surface area (TPSA) is 86.9 Å². The van der Waals surface area contributed by atoms with Gasteiger partial charge in [0.25, 0.3) is 0 Å². The van der Waals surface area contributed by atoms with Gasteiger partial charge < -0.3 is 9.40 Å². The van der Waals surface area contributed by atoms with E-state index in [9.17, 15) is 14.9 Å². The minimum absolute atomic E-state index is 0.0113. The van der Waals surface area contributed by atoms with E-state index in [0.717, 1.165) is 0 Å². The van der Waals surface area contributed by atoms with E-state index < -0.39 is 17.5 Å². The fraction of sp³-hybridized carbons (Fsp3) is 0.0625. The highest BCUT2D eigenvalue weighted by Crippen LogP contribution is 2.25. The van der Waals surface area contributed by atoms with E-state index in [2.05, 4.69) is 4.98 Å². The van der Waals surface area contributed by atoms with Crippen molar-refractivity contribution in [1.29, 1.82) is 5.26 Å². The number of hydrogen-bond donors (Lipinski definition) is 1. The van der Waals surface area contributed by atoms with Crippen LogP contribution in [0.1, 0.15) is 20.9 Å². The second-order valence-electron chi connectivity index (χ2n) is 4.66. The second kappa shape index (κ2) is 5.51. The van der Waals surface area contributed by atoms with Gasteiger partial charge in [-0.15, -0.1) is 0 Å². The number of nitrogens with zero attached hydrogens (tertiary/aromatic N) is 1. The van der Waals surface area contributed by atoms with E-state index >= 15 is 0 Å². The molecule has 0 aliphatic carbocycles. The van der Waals surface area contributed by atoms with Crippen LogP contribution in [0.25, 0.3) is 10.9 Å². The number of nitrogens with one attached hydrogen (secondary N) is 1. The van der Waals surface area contributed by atoms with Gasteiger partial charge in [0, 0.05) is 27.7 Å². The third kappa shape index (κ3) is 2.30. The molecule has 5 nitrogen and oxygen atoms in total. The molecule has 0 amide bonds. The molecule has 2 heterocycles. The van der Waals surface area contributed by atoms with Crippen LogP contribution in [0.4, 0.5) is 0 Å². The van der Waals surface area contributed by atoms with E-state index in [1.807, 2.05) is 0 Å². The number of fused-ring (bicyclic) bond motifs is 1. The van der Waals surface area contributed by atoms with Crippen LogP contribution in [-0.4, -0.2) is 16.6 Å². The highest BCUT2D eigenvalue weighted by atomic mass is 35.5. The lowest BCUT2D eigenvalue weighted by atomic mass is 9.93. The Balaban J connectivity index is 2.01. The van der Waals surface area contributed by atoms with Crippen molar-refractivity contribution >= 4 is 34.1 Å². The molecule has 0 fully saturated rings. The number of halogens is 1. The standard InChI is InChI=1S/C16H9ClN2O3/c17-9-3-4-10-12(8-19-13(10)6-9)15(20)11(7-18)16(21)14-2-1-5-22-14/h1-6,8,11,19H/t11-/m1/s1. The lowest BCUT2D eigenvalue weighted by Gasteiger charge is -2.04. The molecule has 0 aliphatic heterocycles. The lowest BCUT2D eigenvalue weighted by Crippen LogP contribution is -2.22. The Morgan fingerprint density at radius 2 is 2.09 bits per heavy atom. The van der Waals surface area contributed by atoms with Crippen molar-refractivity contribution in [2.75, 3.05) is 0 Å². The summed E-state index contributed by atoms with van der Waals surface area (Å²) in [5.74, 6) is -2.68. The van der Waals surface area contributed by atoms with Crippen LogP contribution in [0.3, 0.4) is 0 Å². The molecular formula is C16H9ClN2O3. The number of furan rings is 1. The highest BCUT2D eigenvalue weighted by Gasteiger charge is 2.31. The first-order valence-electron chi connectivity index (χ1n) is 6.40. The number of aromatic nitrogens is 1. The Morgan fingerprint density at radius 3 is 2.77 bits per heavy atom. The van der Waals surface area contributed by atoms with Crippen LogP contribution >= 0.6 is 11.6 Å². The van der Waals surface area contributed by atoms with Crippen molar-refractivity contribution in [2.45, 2.75) is 0 Å². The number of carbonyl (C=O) groups is 2. The summed E-state index contributed by atoms with van der Waals surface area (Å²) in [5.41, 5.74) is 0.941. The van der Waals surface area contributed by atoms with E-state index in [-0.39, 0.29) is 11.3 Å². The summed E-state index contributed by atoms with van der Waals surface area (Å²) in [6.07, 6.45) is 2.79. The largest absolute Gasteiger partial charge is 0.461 e. The third-order valence-electron chi connectivity index (χ3n) is 3.33. The highest BCUT2D eigenvalue weighted by molar-refractivity contribution is 6.31. The Labute approximate surface area is 130 Å². The minimum atomic E-state index is -1.44. The predicted molar refractivity (Wildman–Crippen MR) is 79.8 cm³/mol. The molecule has 1 N–H and O–H groups in total. The van der Waals surface area contributed by atoms with Crippen LogP contribution in [0.15, 0.2) is 47.2 Å². The number of ketones is 2. The lowest BCUT2D eigenvalue weighted by molar-refractivity contribution is 0.0830. The molecule has 2 aromatic heterocycles. The van der Waals surface area contributed by atoms with Gasteiger partial charge in [-0.3, -0.25) is 9.59 Å². The van der Waals surface area contributed by atoms with Gasteiger partial charge >= 0.3 is 0 Å². The molecule has 0 aliphatic rings. The van der Waals surface area contributed by atoms with Crippen molar-refractivity contribution < 1.29 is 14.0 Å². The molecule has 0 saturated heterocycles. The summed E-state index contributed by atoms with van der Waals surface area (Å²) in [7, 11) is 0. The van der Waals surface area contributed by atoms with Gasteiger partial charge in [0.1, 0.15) is 0 Å². The van der Waals surface area contributed by atoms with Crippen molar-refractivity contribution in [3.8, 4) is 6.07 Å². The average molecular weight is 313 g/mol. The molecule has 0 unspecified atom stereocenters. The Morgan fingerprint density at radius 1 is 1.27 bits per heavy atom. The first-order valence-corrected chi connectivity index (χ1v) is 6.78. The summed E-state index contributed by atoms with van der Waals surface area (Å²) in [5, 5.41) is 10.4. The summed E-state index contributed by atoms with van der Waals surface area (Å²) in [6.45, 7) is 0. The molecule has 108 valence electrons. The smallest absolute Gasteiger partial charge is 0.222 e. The molecule has 0 saturated carbocycles. The van der Waals surface area contributed by atoms with Crippen LogP contribution in [0, 0.1) is 17.2 Å². The molecule has 0 radical (unpaired) electrons.